The molecular weight excluding hydrogens is 287 g/mol. The van der Waals surface area contributed by atoms with Crippen LogP contribution < -0.4 is 9.46 Å². The molecule has 0 aliphatic heterocycles. The molecule has 108 valence electrons. The summed E-state index contributed by atoms with van der Waals surface area (Å²) in [5, 5.41) is 8.76. The molecule has 0 spiro atoms. The topological polar surface area (TPSA) is 75.6 Å². The molecule has 1 atom stereocenters. The van der Waals surface area contributed by atoms with Gasteiger partial charge in [-0.3, -0.25) is 0 Å². The molecule has 0 radical (unpaired) electrons. The van der Waals surface area contributed by atoms with Crippen molar-refractivity contribution in [1.82, 2.24) is 4.72 Å². The summed E-state index contributed by atoms with van der Waals surface area (Å²) in [6, 6.07) is 3.53. The highest BCUT2D eigenvalue weighted by atomic mass is 32.2. The summed E-state index contributed by atoms with van der Waals surface area (Å²) in [4.78, 5) is -0.646. The molecule has 0 saturated heterocycles. The van der Waals surface area contributed by atoms with Gasteiger partial charge in [-0.15, -0.1) is 13.2 Å². The number of hydrogen-bond donors (Lipinski definition) is 2. The van der Waals surface area contributed by atoms with Crippen LogP contribution in [-0.2, 0) is 10.0 Å². The van der Waals surface area contributed by atoms with E-state index in [1.165, 1.54) is 19.1 Å². The van der Waals surface area contributed by atoms with E-state index < -0.39 is 39.7 Å². The molecule has 0 amide bonds. The number of sulfonamides is 1. The second kappa shape index (κ2) is 5.76. The minimum absolute atomic E-state index is 0.485. The van der Waals surface area contributed by atoms with Gasteiger partial charge in [0.2, 0.25) is 10.0 Å². The molecular formula is C10H12F3NO4S. The van der Waals surface area contributed by atoms with Crippen LogP contribution >= 0.6 is 0 Å². The van der Waals surface area contributed by atoms with Gasteiger partial charge in [0.05, 0.1) is 6.61 Å². The third kappa shape index (κ3) is 4.69. The number of hydrogen-bond acceptors (Lipinski definition) is 4. The smallest absolute Gasteiger partial charge is 0.404 e. The number of rotatable bonds is 5. The van der Waals surface area contributed by atoms with E-state index in [2.05, 4.69) is 4.74 Å². The number of nitrogens with one attached hydrogen (secondary N) is 1. The molecule has 0 heterocycles. The summed E-state index contributed by atoms with van der Waals surface area (Å²) >= 11 is 0. The molecule has 0 bridgehead atoms. The lowest BCUT2D eigenvalue weighted by atomic mass is 10.3. The zero-order valence-corrected chi connectivity index (χ0v) is 10.6. The summed E-state index contributed by atoms with van der Waals surface area (Å²) in [6.45, 7) is 0.881. The van der Waals surface area contributed by atoms with Crippen molar-refractivity contribution in [3.8, 4) is 5.75 Å². The van der Waals surface area contributed by atoms with Gasteiger partial charge in [-0.1, -0.05) is 12.1 Å². The minimum atomic E-state index is -4.99. The van der Waals surface area contributed by atoms with E-state index in [9.17, 15) is 21.6 Å². The maximum Gasteiger partial charge on any atom is 0.573 e. The lowest BCUT2D eigenvalue weighted by molar-refractivity contribution is -0.275. The van der Waals surface area contributed by atoms with Gasteiger partial charge in [0.15, 0.2) is 0 Å². The number of halogens is 3. The van der Waals surface area contributed by atoms with Crippen molar-refractivity contribution in [3.63, 3.8) is 0 Å². The second-order valence-electron chi connectivity index (χ2n) is 3.70. The van der Waals surface area contributed by atoms with Crippen LogP contribution in [-0.4, -0.2) is 32.5 Å². The molecule has 0 saturated carbocycles. The lowest BCUT2D eigenvalue weighted by Gasteiger charge is -2.15. The molecule has 1 aromatic carbocycles. The van der Waals surface area contributed by atoms with Gasteiger partial charge in [-0.05, 0) is 19.1 Å². The van der Waals surface area contributed by atoms with Gasteiger partial charge in [0, 0.05) is 6.04 Å². The average Bonchev–Trinajstić information content (AvgIpc) is 2.26. The largest absolute Gasteiger partial charge is 0.573 e. The second-order valence-corrected chi connectivity index (χ2v) is 5.38. The summed E-state index contributed by atoms with van der Waals surface area (Å²) in [6.07, 6.45) is -4.99. The van der Waals surface area contributed by atoms with Crippen LogP contribution in [0.4, 0.5) is 13.2 Å². The third-order valence-electron chi connectivity index (χ3n) is 1.99. The molecule has 0 aliphatic carbocycles. The van der Waals surface area contributed by atoms with Gasteiger partial charge in [-0.25, -0.2) is 13.1 Å². The lowest BCUT2D eigenvalue weighted by Crippen LogP contribution is -2.35. The first-order valence-corrected chi connectivity index (χ1v) is 6.62. The predicted molar refractivity (Wildman–Crippen MR) is 60.0 cm³/mol. The number of ether oxygens (including phenoxy) is 1. The molecule has 0 unspecified atom stereocenters. The van der Waals surface area contributed by atoms with Crippen LogP contribution in [0.1, 0.15) is 6.92 Å². The van der Waals surface area contributed by atoms with E-state index in [1.807, 2.05) is 4.72 Å². The number of aliphatic hydroxyl groups is 1. The fraction of sp³-hybridized carbons (Fsp3) is 0.400. The maximum atomic E-state index is 12.2. The normalized spacial score (nSPS) is 14.2. The Morgan fingerprint density at radius 3 is 2.47 bits per heavy atom. The zero-order valence-electron chi connectivity index (χ0n) is 9.81. The van der Waals surface area contributed by atoms with E-state index in [0.717, 1.165) is 12.1 Å². The monoisotopic (exact) mass is 299 g/mol. The molecule has 2 N–H and O–H groups in total. The Hall–Kier alpha value is -1.32. The Bertz CT molecular complexity index is 530. The summed E-state index contributed by atoms with van der Waals surface area (Å²) in [5.74, 6) is -0.826. The highest BCUT2D eigenvalue weighted by Crippen LogP contribution is 2.29. The molecule has 0 aromatic heterocycles. The Labute approximate surface area is 108 Å². The summed E-state index contributed by atoms with van der Waals surface area (Å²) in [5.41, 5.74) is 0. The molecule has 0 fully saturated rings. The van der Waals surface area contributed by atoms with Crippen molar-refractivity contribution in [2.45, 2.75) is 24.2 Å². The molecule has 9 heteroatoms. The quantitative estimate of drug-likeness (QED) is 0.858. The number of alkyl halides is 3. The van der Waals surface area contributed by atoms with Crippen molar-refractivity contribution in [2.75, 3.05) is 6.61 Å². The zero-order chi connectivity index (χ0) is 14.7. The fourth-order valence-corrected chi connectivity index (χ4v) is 2.61. The van der Waals surface area contributed by atoms with Gasteiger partial charge >= 0.3 is 6.36 Å². The molecule has 1 rings (SSSR count). The van der Waals surface area contributed by atoms with E-state index in [0.29, 0.717) is 0 Å². The van der Waals surface area contributed by atoms with Crippen molar-refractivity contribution in [3.05, 3.63) is 24.3 Å². The van der Waals surface area contributed by atoms with Crippen molar-refractivity contribution < 1.29 is 31.4 Å². The van der Waals surface area contributed by atoms with Gasteiger partial charge in [-0.2, -0.15) is 0 Å². The van der Waals surface area contributed by atoms with Crippen LogP contribution in [0.5, 0.6) is 5.75 Å². The highest BCUT2D eigenvalue weighted by Gasteiger charge is 2.34. The summed E-state index contributed by atoms with van der Waals surface area (Å²) < 4.78 is 65.8. The number of aliphatic hydroxyl groups excluding tert-OH is 1. The number of para-hydroxylation sites is 1. The Morgan fingerprint density at radius 2 is 1.95 bits per heavy atom. The van der Waals surface area contributed by atoms with Crippen LogP contribution in [0.25, 0.3) is 0 Å². The maximum absolute atomic E-state index is 12.2. The van der Waals surface area contributed by atoms with Crippen LogP contribution in [0.3, 0.4) is 0 Å². The average molecular weight is 299 g/mol. The van der Waals surface area contributed by atoms with Crippen LogP contribution in [0.2, 0.25) is 0 Å². The van der Waals surface area contributed by atoms with Crippen molar-refractivity contribution in [2.24, 2.45) is 0 Å². The Kier molecular flexibility index (Phi) is 4.77. The number of benzene rings is 1. The Balaban J connectivity index is 3.13. The van der Waals surface area contributed by atoms with Crippen LogP contribution in [0, 0.1) is 0 Å². The van der Waals surface area contributed by atoms with E-state index in [4.69, 9.17) is 5.11 Å². The molecule has 5 nitrogen and oxygen atoms in total. The fourth-order valence-electron chi connectivity index (χ4n) is 1.25. The highest BCUT2D eigenvalue weighted by molar-refractivity contribution is 7.89. The molecule has 1 aromatic rings. The van der Waals surface area contributed by atoms with Gasteiger partial charge < -0.3 is 9.84 Å². The summed E-state index contributed by atoms with van der Waals surface area (Å²) in [7, 11) is -4.21. The van der Waals surface area contributed by atoms with Crippen LogP contribution in [0.15, 0.2) is 29.2 Å². The minimum Gasteiger partial charge on any atom is -0.404 e. The Morgan fingerprint density at radius 1 is 1.37 bits per heavy atom. The van der Waals surface area contributed by atoms with E-state index >= 15 is 0 Å². The standard InChI is InChI=1S/C10H12F3NO4S/c1-7(6-15)14-19(16,17)9-5-3-2-4-8(9)18-10(11,12)13/h2-5,7,14-15H,6H2,1H3/t7-/m1/s1. The van der Waals surface area contributed by atoms with Crippen molar-refractivity contribution >= 4 is 10.0 Å². The SMILES string of the molecule is C[C@H](CO)NS(=O)(=O)c1ccccc1OC(F)(F)F. The first-order valence-electron chi connectivity index (χ1n) is 5.13. The first kappa shape index (κ1) is 15.7. The molecule has 0 aliphatic rings. The first-order chi connectivity index (χ1) is 8.65. The molecule has 19 heavy (non-hydrogen) atoms. The predicted octanol–water partition coefficient (Wildman–Crippen LogP) is 1.24. The van der Waals surface area contributed by atoms with Gasteiger partial charge in [0.25, 0.3) is 0 Å². The van der Waals surface area contributed by atoms with Gasteiger partial charge in [0.1, 0.15) is 10.6 Å². The van der Waals surface area contributed by atoms with E-state index in [1.54, 1.807) is 0 Å². The van der Waals surface area contributed by atoms with Crippen molar-refractivity contribution in [1.29, 1.82) is 0 Å². The third-order valence-corrected chi connectivity index (χ3v) is 3.62. The van der Waals surface area contributed by atoms with E-state index in [-0.39, 0.29) is 0 Å².